The summed E-state index contributed by atoms with van der Waals surface area (Å²) in [5.41, 5.74) is 5.25. The molecule has 0 aromatic carbocycles. The molecule has 0 aliphatic heterocycles. The van der Waals surface area contributed by atoms with Crippen LogP contribution in [-0.2, 0) is 20.6 Å². The van der Waals surface area contributed by atoms with Gasteiger partial charge in [0.15, 0.2) is 9.84 Å². The number of hydrogen-bond donors (Lipinski definition) is 1. The lowest BCUT2D eigenvalue weighted by Gasteiger charge is -2.02. The van der Waals surface area contributed by atoms with E-state index in [2.05, 4.69) is 0 Å². The third-order valence-electron chi connectivity index (χ3n) is 1.71. The van der Waals surface area contributed by atoms with E-state index in [0.717, 1.165) is 0 Å². The topological polar surface area (TPSA) is 77.2 Å². The molecule has 0 aromatic heterocycles. The molecule has 0 aliphatic carbocycles. The van der Waals surface area contributed by atoms with Crippen LogP contribution in [0.25, 0.3) is 0 Å². The summed E-state index contributed by atoms with van der Waals surface area (Å²) in [6, 6.07) is 0. The molecular weight excluding hydrogens is 222 g/mol. The Morgan fingerprint density at radius 2 is 1.86 bits per heavy atom. The first-order chi connectivity index (χ1) is 6.52. The van der Waals surface area contributed by atoms with Crippen molar-refractivity contribution in [1.29, 1.82) is 0 Å². The Morgan fingerprint density at radius 3 is 2.36 bits per heavy atom. The summed E-state index contributed by atoms with van der Waals surface area (Å²) in [6.07, 6.45) is 1.32. The highest BCUT2D eigenvalue weighted by Crippen LogP contribution is 1.96. The van der Waals surface area contributed by atoms with Crippen molar-refractivity contribution in [3.8, 4) is 0 Å². The fourth-order valence-corrected chi connectivity index (χ4v) is 4.26. The van der Waals surface area contributed by atoms with Crippen LogP contribution >= 0.6 is 0 Å². The SMILES string of the molecule is CCCS(=O)(=O)CCS(=O)CCCN. The van der Waals surface area contributed by atoms with Gasteiger partial charge in [0, 0.05) is 28.1 Å². The number of sulfone groups is 1. The van der Waals surface area contributed by atoms with Crippen molar-refractivity contribution in [2.75, 3.05) is 29.6 Å². The number of rotatable bonds is 8. The molecule has 0 aliphatic rings. The summed E-state index contributed by atoms with van der Waals surface area (Å²) in [4.78, 5) is 0. The summed E-state index contributed by atoms with van der Waals surface area (Å²) >= 11 is 0. The number of nitrogens with two attached hydrogens (primary N) is 1. The van der Waals surface area contributed by atoms with E-state index < -0.39 is 20.6 Å². The molecule has 0 saturated carbocycles. The molecule has 1 atom stereocenters. The highest BCUT2D eigenvalue weighted by molar-refractivity contribution is 7.93. The van der Waals surface area contributed by atoms with Crippen molar-refractivity contribution in [3.63, 3.8) is 0 Å². The van der Waals surface area contributed by atoms with E-state index in [1.54, 1.807) is 0 Å². The Kier molecular flexibility index (Phi) is 7.40. The zero-order chi connectivity index (χ0) is 11.0. The smallest absolute Gasteiger partial charge is 0.151 e. The highest BCUT2D eigenvalue weighted by atomic mass is 32.2. The summed E-state index contributed by atoms with van der Waals surface area (Å²) in [7, 11) is -4.01. The fourth-order valence-electron chi connectivity index (χ4n) is 0.979. The van der Waals surface area contributed by atoms with Gasteiger partial charge in [0.2, 0.25) is 0 Å². The lowest BCUT2D eigenvalue weighted by molar-refractivity contribution is 0.595. The van der Waals surface area contributed by atoms with Gasteiger partial charge in [0.25, 0.3) is 0 Å². The molecule has 6 heteroatoms. The predicted molar refractivity (Wildman–Crippen MR) is 60.5 cm³/mol. The zero-order valence-electron chi connectivity index (χ0n) is 8.57. The first-order valence-electron chi connectivity index (χ1n) is 4.77. The highest BCUT2D eigenvalue weighted by Gasteiger charge is 2.11. The van der Waals surface area contributed by atoms with Crippen molar-refractivity contribution in [2.24, 2.45) is 5.73 Å². The van der Waals surface area contributed by atoms with Crippen molar-refractivity contribution in [1.82, 2.24) is 0 Å². The molecule has 0 amide bonds. The Morgan fingerprint density at radius 1 is 1.21 bits per heavy atom. The summed E-state index contributed by atoms with van der Waals surface area (Å²) in [5.74, 6) is 1.000. The van der Waals surface area contributed by atoms with Crippen molar-refractivity contribution in [3.05, 3.63) is 0 Å². The van der Waals surface area contributed by atoms with E-state index in [4.69, 9.17) is 5.73 Å². The van der Waals surface area contributed by atoms with E-state index in [0.29, 0.717) is 25.1 Å². The van der Waals surface area contributed by atoms with E-state index in [-0.39, 0.29) is 17.3 Å². The van der Waals surface area contributed by atoms with Crippen LogP contribution in [0.15, 0.2) is 0 Å². The quantitative estimate of drug-likeness (QED) is 0.644. The van der Waals surface area contributed by atoms with Crippen molar-refractivity contribution in [2.45, 2.75) is 19.8 Å². The molecule has 0 fully saturated rings. The Hall–Kier alpha value is 0.0600. The lowest BCUT2D eigenvalue weighted by Crippen LogP contribution is -2.18. The van der Waals surface area contributed by atoms with Gasteiger partial charge >= 0.3 is 0 Å². The van der Waals surface area contributed by atoms with Crippen LogP contribution < -0.4 is 5.73 Å². The maximum absolute atomic E-state index is 11.2. The van der Waals surface area contributed by atoms with Crippen LogP contribution in [0.2, 0.25) is 0 Å². The minimum atomic E-state index is -2.98. The summed E-state index contributed by atoms with van der Waals surface area (Å²) in [5, 5.41) is 0. The van der Waals surface area contributed by atoms with Crippen LogP contribution in [0.5, 0.6) is 0 Å². The molecule has 0 rings (SSSR count). The van der Waals surface area contributed by atoms with Gasteiger partial charge in [-0.2, -0.15) is 0 Å². The van der Waals surface area contributed by atoms with Gasteiger partial charge in [-0.25, -0.2) is 8.42 Å². The van der Waals surface area contributed by atoms with E-state index >= 15 is 0 Å². The van der Waals surface area contributed by atoms with E-state index in [1.165, 1.54) is 0 Å². The standard InChI is InChI=1S/C8H19NO3S2/c1-2-7-14(11,12)8-6-13(10)5-3-4-9/h2-9H2,1H3. The fraction of sp³-hybridized carbons (Fsp3) is 1.00. The minimum absolute atomic E-state index is 0.0397. The molecule has 86 valence electrons. The van der Waals surface area contributed by atoms with Gasteiger partial charge in [-0.3, -0.25) is 4.21 Å². The molecule has 14 heavy (non-hydrogen) atoms. The first kappa shape index (κ1) is 14.1. The van der Waals surface area contributed by atoms with Gasteiger partial charge in [-0.1, -0.05) is 6.92 Å². The Balaban J connectivity index is 3.76. The molecule has 0 heterocycles. The Labute approximate surface area is 88.6 Å². The molecule has 1 unspecified atom stereocenters. The van der Waals surface area contributed by atoms with Gasteiger partial charge < -0.3 is 5.73 Å². The maximum Gasteiger partial charge on any atom is 0.151 e. The van der Waals surface area contributed by atoms with Crippen molar-refractivity contribution < 1.29 is 12.6 Å². The molecule has 0 saturated heterocycles. The lowest BCUT2D eigenvalue weighted by atomic mass is 10.5. The molecule has 4 nitrogen and oxygen atoms in total. The van der Waals surface area contributed by atoms with Gasteiger partial charge in [-0.05, 0) is 19.4 Å². The Bertz CT molecular complexity index is 262. The molecule has 0 radical (unpaired) electrons. The maximum atomic E-state index is 11.2. The van der Waals surface area contributed by atoms with Crippen LogP contribution in [-0.4, -0.2) is 42.2 Å². The largest absolute Gasteiger partial charge is 0.330 e. The monoisotopic (exact) mass is 241 g/mol. The normalized spacial score (nSPS) is 14.1. The van der Waals surface area contributed by atoms with Crippen molar-refractivity contribution >= 4 is 20.6 Å². The van der Waals surface area contributed by atoms with Crippen LogP contribution in [0, 0.1) is 0 Å². The van der Waals surface area contributed by atoms with Gasteiger partial charge in [0.1, 0.15) is 0 Å². The molecule has 0 bridgehead atoms. The van der Waals surface area contributed by atoms with Crippen LogP contribution in [0.4, 0.5) is 0 Å². The second-order valence-corrected chi connectivity index (χ2v) is 7.14. The summed E-state index contributed by atoms with van der Waals surface area (Å²) < 4.78 is 33.7. The van der Waals surface area contributed by atoms with E-state index in [9.17, 15) is 12.6 Å². The average Bonchev–Trinajstić information content (AvgIpc) is 2.11. The first-order valence-corrected chi connectivity index (χ1v) is 8.08. The number of hydrogen-bond acceptors (Lipinski definition) is 4. The third kappa shape index (κ3) is 7.46. The van der Waals surface area contributed by atoms with Gasteiger partial charge in [-0.15, -0.1) is 0 Å². The second kappa shape index (κ2) is 7.36. The van der Waals surface area contributed by atoms with E-state index in [1.807, 2.05) is 6.92 Å². The molecular formula is C8H19NO3S2. The van der Waals surface area contributed by atoms with Gasteiger partial charge in [0.05, 0.1) is 5.75 Å². The zero-order valence-corrected chi connectivity index (χ0v) is 10.2. The average molecular weight is 241 g/mol. The molecule has 0 spiro atoms. The van der Waals surface area contributed by atoms with Crippen LogP contribution in [0.1, 0.15) is 19.8 Å². The molecule has 0 aromatic rings. The third-order valence-corrected chi connectivity index (χ3v) is 5.23. The second-order valence-electron chi connectivity index (χ2n) is 3.14. The van der Waals surface area contributed by atoms with Crippen LogP contribution in [0.3, 0.4) is 0 Å². The minimum Gasteiger partial charge on any atom is -0.330 e. The molecule has 2 N–H and O–H groups in total. The predicted octanol–water partition coefficient (Wildman–Crippen LogP) is -0.0913. The summed E-state index contributed by atoms with van der Waals surface area (Å²) in [6.45, 7) is 2.33.